The van der Waals surface area contributed by atoms with E-state index >= 15 is 0 Å². The zero-order valence-electron chi connectivity index (χ0n) is 19.2. The lowest BCUT2D eigenvalue weighted by Gasteiger charge is -2.15. The summed E-state index contributed by atoms with van der Waals surface area (Å²) in [4.78, 5) is 17.8. The molecule has 0 aliphatic carbocycles. The molecule has 180 valence electrons. The van der Waals surface area contributed by atoms with Crippen LogP contribution in [0.2, 0.25) is 0 Å². The summed E-state index contributed by atoms with van der Waals surface area (Å²) < 4.78 is 23.7. The van der Waals surface area contributed by atoms with Crippen molar-refractivity contribution in [3.8, 4) is 23.0 Å². The van der Waals surface area contributed by atoms with Gasteiger partial charge >= 0.3 is 0 Å². The number of carbonyl (C=O) groups is 1. The minimum Gasteiger partial charge on any atom is -0.493 e. The molecule has 1 amide bonds. The number of rotatable bonds is 9. The van der Waals surface area contributed by atoms with Crippen molar-refractivity contribution in [1.29, 1.82) is 0 Å². The zero-order valence-corrected chi connectivity index (χ0v) is 21.6. The predicted molar refractivity (Wildman–Crippen MR) is 140 cm³/mol. The van der Waals surface area contributed by atoms with Crippen LogP contribution in [0.5, 0.6) is 23.0 Å². The average molecular weight is 556 g/mol. The van der Waals surface area contributed by atoms with E-state index in [1.54, 1.807) is 24.3 Å². The van der Waals surface area contributed by atoms with E-state index < -0.39 is 0 Å². The summed E-state index contributed by atoms with van der Waals surface area (Å²) in [7, 11) is 4.61. The molecule has 10 heteroatoms. The van der Waals surface area contributed by atoms with Gasteiger partial charge in [0.2, 0.25) is 10.9 Å². The van der Waals surface area contributed by atoms with Crippen LogP contribution in [-0.4, -0.2) is 45.0 Å². The number of hydrogen-bond donors (Lipinski definition) is 0. The molecule has 0 atom stereocenters. The number of ether oxygens (including phenoxy) is 4. The van der Waals surface area contributed by atoms with Gasteiger partial charge in [-0.3, -0.25) is 4.79 Å². The van der Waals surface area contributed by atoms with Crippen molar-refractivity contribution in [2.45, 2.75) is 0 Å². The molecule has 3 aromatic carbocycles. The van der Waals surface area contributed by atoms with Crippen LogP contribution in [0.4, 0.5) is 5.13 Å². The van der Waals surface area contributed by atoms with E-state index in [9.17, 15) is 4.79 Å². The Kier molecular flexibility index (Phi) is 7.84. The number of hydrogen-bond acceptors (Lipinski definition) is 8. The third kappa shape index (κ3) is 5.72. The third-order valence-corrected chi connectivity index (χ3v) is 6.36. The van der Waals surface area contributed by atoms with Gasteiger partial charge in [0.05, 0.1) is 37.8 Å². The van der Waals surface area contributed by atoms with Crippen LogP contribution >= 0.6 is 27.3 Å². The van der Waals surface area contributed by atoms with Crippen LogP contribution in [0.3, 0.4) is 0 Å². The van der Waals surface area contributed by atoms with Crippen LogP contribution in [-0.2, 0) is 4.79 Å². The Labute approximate surface area is 214 Å². The van der Waals surface area contributed by atoms with E-state index in [1.165, 1.54) is 43.9 Å². The quantitative estimate of drug-likeness (QED) is 0.199. The van der Waals surface area contributed by atoms with Crippen molar-refractivity contribution in [1.82, 2.24) is 4.98 Å². The van der Waals surface area contributed by atoms with Crippen LogP contribution < -0.4 is 24.0 Å². The normalized spacial score (nSPS) is 11.0. The van der Waals surface area contributed by atoms with Gasteiger partial charge in [0.15, 0.2) is 18.1 Å². The molecule has 8 nitrogen and oxygen atoms in total. The summed E-state index contributed by atoms with van der Waals surface area (Å²) in [6.07, 6.45) is 1.53. The molecular formula is C25H22BrN3O5S. The second-order valence-electron chi connectivity index (χ2n) is 7.12. The van der Waals surface area contributed by atoms with Crippen molar-refractivity contribution in [3.05, 3.63) is 70.7 Å². The number of anilines is 1. The number of methoxy groups -OCH3 is 3. The molecule has 0 N–H and O–H groups in total. The standard InChI is InChI=1S/C25H22BrN3O5S/c1-31-20-11-16(12-21(32-2)24(20)33-3)14-27-29(23(30)15-34-18-7-5-4-6-8-18)25-28-19-10-9-17(26)13-22(19)35-25/h4-14H,15H2,1-3H3/b27-14+. The van der Waals surface area contributed by atoms with Crippen molar-refractivity contribution < 1.29 is 23.7 Å². The van der Waals surface area contributed by atoms with Gasteiger partial charge in [0.1, 0.15) is 5.75 Å². The number of hydrazone groups is 1. The lowest BCUT2D eigenvalue weighted by molar-refractivity contribution is -0.120. The lowest BCUT2D eigenvalue weighted by atomic mass is 10.2. The fraction of sp³-hybridized carbons (Fsp3) is 0.160. The summed E-state index contributed by atoms with van der Waals surface area (Å²) in [6, 6.07) is 18.3. The molecule has 0 bridgehead atoms. The fourth-order valence-electron chi connectivity index (χ4n) is 3.22. The van der Waals surface area contributed by atoms with Gasteiger partial charge in [-0.05, 0) is 42.5 Å². The molecule has 0 aliphatic heterocycles. The maximum Gasteiger partial charge on any atom is 0.287 e. The van der Waals surface area contributed by atoms with Crippen LogP contribution in [0.15, 0.2) is 70.2 Å². The van der Waals surface area contributed by atoms with Crippen LogP contribution in [0.25, 0.3) is 10.2 Å². The molecule has 0 fully saturated rings. The zero-order chi connectivity index (χ0) is 24.8. The first-order chi connectivity index (χ1) is 17.0. The first-order valence-electron chi connectivity index (χ1n) is 10.4. The van der Waals surface area contributed by atoms with Crippen molar-refractivity contribution >= 4 is 54.7 Å². The first kappa shape index (κ1) is 24.5. The highest BCUT2D eigenvalue weighted by Gasteiger charge is 2.21. The van der Waals surface area contributed by atoms with Gasteiger partial charge in [-0.2, -0.15) is 10.1 Å². The van der Waals surface area contributed by atoms with Crippen molar-refractivity contribution in [2.24, 2.45) is 5.10 Å². The van der Waals surface area contributed by atoms with E-state index in [4.69, 9.17) is 18.9 Å². The number of aromatic nitrogens is 1. The number of fused-ring (bicyclic) bond motifs is 1. The highest BCUT2D eigenvalue weighted by Crippen LogP contribution is 2.38. The molecule has 4 aromatic rings. The molecule has 0 radical (unpaired) electrons. The molecule has 1 aromatic heterocycles. The molecule has 0 spiro atoms. The van der Waals surface area contributed by atoms with Crippen molar-refractivity contribution in [2.75, 3.05) is 32.9 Å². The average Bonchev–Trinajstić information content (AvgIpc) is 3.30. The SMILES string of the molecule is COc1cc(/C=N/N(C(=O)COc2ccccc2)c2nc3ccc(Br)cc3s2)cc(OC)c1OC. The molecule has 0 saturated heterocycles. The molecule has 1 heterocycles. The summed E-state index contributed by atoms with van der Waals surface area (Å²) in [6.45, 7) is -0.212. The number of benzene rings is 3. The number of para-hydroxylation sites is 1. The first-order valence-corrected chi connectivity index (χ1v) is 12.0. The smallest absolute Gasteiger partial charge is 0.287 e. The van der Waals surface area contributed by atoms with Gasteiger partial charge in [-0.25, -0.2) is 4.98 Å². The van der Waals surface area contributed by atoms with E-state index in [1.807, 2.05) is 36.4 Å². The number of nitrogens with zero attached hydrogens (tertiary/aromatic N) is 3. The molecular weight excluding hydrogens is 534 g/mol. The monoisotopic (exact) mass is 555 g/mol. The molecule has 0 unspecified atom stereocenters. The third-order valence-electron chi connectivity index (χ3n) is 4.87. The van der Waals surface area contributed by atoms with Gasteiger partial charge in [-0.1, -0.05) is 45.5 Å². The highest BCUT2D eigenvalue weighted by atomic mass is 79.9. The molecule has 35 heavy (non-hydrogen) atoms. The van der Waals surface area contributed by atoms with E-state index in [0.717, 1.165) is 14.7 Å². The minimum atomic E-state index is -0.379. The van der Waals surface area contributed by atoms with Gasteiger partial charge in [-0.15, -0.1) is 0 Å². The van der Waals surface area contributed by atoms with Crippen LogP contribution in [0, 0.1) is 0 Å². The largest absolute Gasteiger partial charge is 0.493 e. The summed E-state index contributed by atoms with van der Waals surface area (Å²) in [5, 5.41) is 6.12. The second-order valence-corrected chi connectivity index (χ2v) is 9.04. The highest BCUT2D eigenvalue weighted by molar-refractivity contribution is 9.10. The minimum absolute atomic E-state index is 0.212. The number of carbonyl (C=O) groups excluding carboxylic acids is 1. The van der Waals surface area contributed by atoms with Gasteiger partial charge in [0, 0.05) is 10.0 Å². The maximum absolute atomic E-state index is 13.2. The Morgan fingerprint density at radius 1 is 1.03 bits per heavy atom. The maximum atomic E-state index is 13.2. The lowest BCUT2D eigenvalue weighted by Crippen LogP contribution is -2.30. The molecule has 0 aliphatic rings. The Morgan fingerprint density at radius 2 is 1.74 bits per heavy atom. The fourth-order valence-corrected chi connectivity index (χ4v) is 4.71. The summed E-state index contributed by atoms with van der Waals surface area (Å²) >= 11 is 4.82. The van der Waals surface area contributed by atoms with Crippen molar-refractivity contribution in [3.63, 3.8) is 0 Å². The number of thiazole rings is 1. The Hall–Kier alpha value is -3.63. The predicted octanol–water partition coefficient (Wildman–Crippen LogP) is 5.53. The van der Waals surface area contributed by atoms with E-state index in [2.05, 4.69) is 26.0 Å². The van der Waals surface area contributed by atoms with Gasteiger partial charge in [0.25, 0.3) is 5.91 Å². The van der Waals surface area contributed by atoms with Crippen LogP contribution in [0.1, 0.15) is 5.56 Å². The molecule has 0 saturated carbocycles. The topological polar surface area (TPSA) is 82.5 Å². The Balaban J connectivity index is 1.68. The second kappa shape index (κ2) is 11.2. The molecule has 4 rings (SSSR count). The number of halogens is 1. The summed E-state index contributed by atoms with van der Waals surface area (Å²) in [5.41, 5.74) is 1.41. The van der Waals surface area contributed by atoms with E-state index in [0.29, 0.717) is 33.7 Å². The summed E-state index contributed by atoms with van der Waals surface area (Å²) in [5.74, 6) is 1.62. The Morgan fingerprint density at radius 3 is 2.40 bits per heavy atom. The van der Waals surface area contributed by atoms with Gasteiger partial charge < -0.3 is 18.9 Å². The Bertz CT molecular complexity index is 1330. The number of amides is 1. The van der Waals surface area contributed by atoms with E-state index in [-0.39, 0.29) is 12.5 Å².